The Balaban J connectivity index is 2.78. The van der Waals surface area contributed by atoms with Crippen LogP contribution in [0.5, 0.6) is 5.75 Å². The van der Waals surface area contributed by atoms with Crippen molar-refractivity contribution in [3.8, 4) is 18.1 Å². The summed E-state index contributed by atoms with van der Waals surface area (Å²) in [5, 5.41) is 11.9. The topological polar surface area (TPSA) is 49.3 Å². The van der Waals surface area contributed by atoms with Gasteiger partial charge in [0.1, 0.15) is 5.75 Å². The molecule has 0 aromatic heterocycles. The van der Waals surface area contributed by atoms with Crippen LogP contribution in [0, 0.1) is 19.3 Å². The van der Waals surface area contributed by atoms with E-state index in [4.69, 9.17) is 6.42 Å². The maximum atomic E-state index is 11.1. The SMILES string of the molecule is C#CCC(=O)Nc1ccc(C)cc1O. The van der Waals surface area contributed by atoms with Crippen LogP contribution >= 0.6 is 0 Å². The molecule has 0 spiro atoms. The number of carbonyl (C=O) groups excluding carboxylic acids is 1. The third-order valence-electron chi connectivity index (χ3n) is 1.69. The zero-order valence-corrected chi connectivity index (χ0v) is 7.87. The first-order valence-electron chi connectivity index (χ1n) is 4.16. The molecule has 3 heteroatoms. The van der Waals surface area contributed by atoms with Gasteiger partial charge in [-0.1, -0.05) is 12.0 Å². The number of amides is 1. The molecule has 2 N–H and O–H groups in total. The molecule has 0 aliphatic rings. The zero-order valence-electron chi connectivity index (χ0n) is 7.87. The highest BCUT2D eigenvalue weighted by molar-refractivity contribution is 5.93. The third kappa shape index (κ3) is 2.53. The second-order valence-corrected chi connectivity index (χ2v) is 2.95. The number of aromatic hydroxyl groups is 1. The number of rotatable bonds is 2. The Kier molecular flexibility index (Phi) is 3.14. The van der Waals surface area contributed by atoms with Crippen molar-refractivity contribution in [1.82, 2.24) is 0 Å². The highest BCUT2D eigenvalue weighted by Crippen LogP contribution is 2.23. The Labute approximate surface area is 82.8 Å². The lowest BCUT2D eigenvalue weighted by molar-refractivity contribution is -0.115. The third-order valence-corrected chi connectivity index (χ3v) is 1.69. The van der Waals surface area contributed by atoms with E-state index in [0.29, 0.717) is 5.69 Å². The summed E-state index contributed by atoms with van der Waals surface area (Å²) in [5.41, 5.74) is 1.31. The van der Waals surface area contributed by atoms with Crippen LogP contribution < -0.4 is 5.32 Å². The van der Waals surface area contributed by atoms with Crippen molar-refractivity contribution in [1.29, 1.82) is 0 Å². The van der Waals surface area contributed by atoms with E-state index in [9.17, 15) is 9.90 Å². The molecular formula is C11H11NO2. The summed E-state index contributed by atoms with van der Waals surface area (Å²) in [7, 11) is 0. The number of benzene rings is 1. The zero-order chi connectivity index (χ0) is 10.6. The molecule has 72 valence electrons. The van der Waals surface area contributed by atoms with Crippen LogP contribution in [0.4, 0.5) is 5.69 Å². The van der Waals surface area contributed by atoms with E-state index in [1.165, 1.54) is 0 Å². The average Bonchev–Trinajstić information content (AvgIpc) is 2.10. The standard InChI is InChI=1S/C11H11NO2/c1-3-4-11(14)12-9-6-5-8(2)7-10(9)13/h1,5-7,13H,4H2,2H3,(H,12,14). The smallest absolute Gasteiger partial charge is 0.236 e. The van der Waals surface area contributed by atoms with E-state index in [1.54, 1.807) is 18.2 Å². The molecule has 3 nitrogen and oxygen atoms in total. The summed E-state index contributed by atoms with van der Waals surface area (Å²) >= 11 is 0. The molecule has 0 unspecified atom stereocenters. The number of aryl methyl sites for hydroxylation is 1. The van der Waals surface area contributed by atoms with Crippen LogP contribution in [-0.2, 0) is 4.79 Å². The molecule has 0 atom stereocenters. The Morgan fingerprint density at radius 1 is 1.64 bits per heavy atom. The van der Waals surface area contributed by atoms with Crippen molar-refractivity contribution < 1.29 is 9.90 Å². The van der Waals surface area contributed by atoms with Gasteiger partial charge < -0.3 is 10.4 Å². The number of nitrogens with one attached hydrogen (secondary N) is 1. The largest absolute Gasteiger partial charge is 0.506 e. The highest BCUT2D eigenvalue weighted by atomic mass is 16.3. The van der Waals surface area contributed by atoms with Crippen molar-refractivity contribution in [3.05, 3.63) is 23.8 Å². The Morgan fingerprint density at radius 2 is 2.36 bits per heavy atom. The molecule has 1 aromatic rings. The monoisotopic (exact) mass is 189 g/mol. The molecule has 0 aliphatic carbocycles. The lowest BCUT2D eigenvalue weighted by Gasteiger charge is -2.05. The summed E-state index contributed by atoms with van der Waals surface area (Å²) in [5.74, 6) is 1.98. The van der Waals surface area contributed by atoms with Crippen LogP contribution in [0.1, 0.15) is 12.0 Å². The van der Waals surface area contributed by atoms with Gasteiger partial charge in [-0.15, -0.1) is 6.42 Å². The van der Waals surface area contributed by atoms with Crippen molar-refractivity contribution in [2.24, 2.45) is 0 Å². The summed E-state index contributed by atoms with van der Waals surface area (Å²) < 4.78 is 0. The number of phenolic OH excluding ortho intramolecular Hbond substituents is 1. The number of carbonyl (C=O) groups is 1. The minimum absolute atomic E-state index is 0.00726. The molecule has 14 heavy (non-hydrogen) atoms. The Bertz CT molecular complexity index is 391. The molecule has 0 fully saturated rings. The van der Waals surface area contributed by atoms with Crippen molar-refractivity contribution in [2.45, 2.75) is 13.3 Å². The summed E-state index contributed by atoms with van der Waals surface area (Å²) in [4.78, 5) is 11.1. The van der Waals surface area contributed by atoms with E-state index in [-0.39, 0.29) is 18.1 Å². The fourth-order valence-electron chi connectivity index (χ4n) is 1.03. The average molecular weight is 189 g/mol. The van der Waals surface area contributed by atoms with Gasteiger partial charge in [0.15, 0.2) is 0 Å². The molecule has 0 radical (unpaired) electrons. The Hall–Kier alpha value is -1.95. The molecule has 1 aromatic carbocycles. The van der Waals surface area contributed by atoms with Crippen LogP contribution in [-0.4, -0.2) is 11.0 Å². The second kappa shape index (κ2) is 4.33. The molecule has 1 amide bonds. The van der Waals surface area contributed by atoms with E-state index in [1.807, 2.05) is 6.92 Å². The first-order chi connectivity index (χ1) is 6.63. The molecule has 0 saturated carbocycles. The van der Waals surface area contributed by atoms with E-state index >= 15 is 0 Å². The quantitative estimate of drug-likeness (QED) is 0.549. The van der Waals surface area contributed by atoms with Gasteiger partial charge in [-0.2, -0.15) is 0 Å². The van der Waals surface area contributed by atoms with Gasteiger partial charge in [0.2, 0.25) is 5.91 Å². The molecule has 0 saturated heterocycles. The van der Waals surface area contributed by atoms with Gasteiger partial charge in [0.05, 0.1) is 12.1 Å². The fraction of sp³-hybridized carbons (Fsp3) is 0.182. The minimum atomic E-state index is -0.299. The predicted octanol–water partition coefficient (Wildman–Crippen LogP) is 1.66. The van der Waals surface area contributed by atoms with Crippen LogP contribution in [0.3, 0.4) is 0 Å². The lowest BCUT2D eigenvalue weighted by Crippen LogP contribution is -2.10. The first kappa shape index (κ1) is 10.1. The highest BCUT2D eigenvalue weighted by Gasteiger charge is 2.04. The van der Waals surface area contributed by atoms with Crippen LogP contribution in [0.2, 0.25) is 0 Å². The van der Waals surface area contributed by atoms with E-state index < -0.39 is 0 Å². The van der Waals surface area contributed by atoms with Gasteiger partial charge in [-0.25, -0.2) is 0 Å². The summed E-state index contributed by atoms with van der Waals surface area (Å²) in [6, 6.07) is 5.01. The maximum absolute atomic E-state index is 11.1. The number of phenols is 1. The molecule has 0 heterocycles. The normalized spacial score (nSPS) is 9.14. The van der Waals surface area contributed by atoms with Gasteiger partial charge in [-0.05, 0) is 24.6 Å². The molecule has 0 aliphatic heterocycles. The number of hydrogen-bond donors (Lipinski definition) is 2. The van der Waals surface area contributed by atoms with Crippen molar-refractivity contribution in [2.75, 3.05) is 5.32 Å². The first-order valence-corrected chi connectivity index (χ1v) is 4.16. The maximum Gasteiger partial charge on any atom is 0.236 e. The van der Waals surface area contributed by atoms with Gasteiger partial charge in [-0.3, -0.25) is 4.79 Å². The molecule has 1 rings (SSSR count). The predicted molar refractivity (Wildman–Crippen MR) is 54.9 cm³/mol. The van der Waals surface area contributed by atoms with E-state index in [0.717, 1.165) is 5.56 Å². The van der Waals surface area contributed by atoms with Gasteiger partial charge in [0, 0.05) is 0 Å². The summed E-state index contributed by atoms with van der Waals surface area (Å²) in [6.07, 6.45) is 4.98. The van der Waals surface area contributed by atoms with Gasteiger partial charge in [0.25, 0.3) is 0 Å². The lowest BCUT2D eigenvalue weighted by atomic mass is 10.2. The van der Waals surface area contributed by atoms with Crippen LogP contribution in [0.25, 0.3) is 0 Å². The van der Waals surface area contributed by atoms with E-state index in [2.05, 4.69) is 11.2 Å². The molecule has 0 bridgehead atoms. The van der Waals surface area contributed by atoms with Gasteiger partial charge >= 0.3 is 0 Å². The fourth-order valence-corrected chi connectivity index (χ4v) is 1.03. The summed E-state index contributed by atoms with van der Waals surface area (Å²) in [6.45, 7) is 1.85. The number of terminal acetylenes is 1. The second-order valence-electron chi connectivity index (χ2n) is 2.95. The number of hydrogen-bond acceptors (Lipinski definition) is 2. The minimum Gasteiger partial charge on any atom is -0.506 e. The van der Waals surface area contributed by atoms with Crippen molar-refractivity contribution in [3.63, 3.8) is 0 Å². The molecular weight excluding hydrogens is 178 g/mol. The van der Waals surface area contributed by atoms with Crippen molar-refractivity contribution >= 4 is 11.6 Å². The van der Waals surface area contributed by atoms with Crippen LogP contribution in [0.15, 0.2) is 18.2 Å². The Morgan fingerprint density at radius 3 is 2.93 bits per heavy atom. The number of anilines is 1.